The van der Waals surface area contributed by atoms with Crippen LogP contribution in [0, 0.1) is 6.92 Å². The number of sulfonamides is 1. The van der Waals surface area contributed by atoms with Crippen LogP contribution in [-0.2, 0) is 40.4 Å². The highest BCUT2D eigenvalue weighted by Crippen LogP contribution is 2.11. The maximum atomic E-state index is 13.1. The number of benzene rings is 2. The van der Waals surface area contributed by atoms with E-state index in [2.05, 4.69) is 20.7 Å². The summed E-state index contributed by atoms with van der Waals surface area (Å²) in [4.78, 5) is 51.2. The van der Waals surface area contributed by atoms with Crippen molar-refractivity contribution in [1.29, 1.82) is 0 Å². The first-order chi connectivity index (χ1) is 19.7. The quantitative estimate of drug-likeness (QED) is 0.150. The Morgan fingerprint density at radius 1 is 0.786 bits per heavy atom. The molecule has 0 aliphatic rings. The Morgan fingerprint density at radius 3 is 1.79 bits per heavy atom. The number of hydrogen-bond donors (Lipinski definition) is 6. The highest BCUT2D eigenvalue weighted by molar-refractivity contribution is 7.89. The molecule has 6 N–H and O–H groups in total. The number of esters is 1. The van der Waals surface area contributed by atoms with Crippen LogP contribution < -0.4 is 20.7 Å². The molecule has 0 fully saturated rings. The summed E-state index contributed by atoms with van der Waals surface area (Å²) >= 11 is 0. The number of hydrogen-bond acceptors (Lipinski definition) is 9. The fourth-order valence-corrected chi connectivity index (χ4v) is 5.05. The first-order valence-corrected chi connectivity index (χ1v) is 14.6. The lowest BCUT2D eigenvalue weighted by Crippen LogP contribution is -2.62. The van der Waals surface area contributed by atoms with E-state index in [9.17, 15) is 37.8 Å². The van der Waals surface area contributed by atoms with E-state index in [1.54, 1.807) is 49.4 Å². The SMILES string of the molecule is COC(=O)[C@H](Cc1ccccc1)NC(=O)[C@@H](NC(=O)[C@H](NC(=O)[C@H](C)NS(=O)(=O)c1ccc(C)cc1)[C@H](C)O)[C@@H](C)O. The van der Waals surface area contributed by atoms with E-state index < -0.39 is 70.1 Å². The summed E-state index contributed by atoms with van der Waals surface area (Å²) in [5, 5.41) is 27.5. The van der Waals surface area contributed by atoms with Gasteiger partial charge in [0.25, 0.3) is 0 Å². The summed E-state index contributed by atoms with van der Waals surface area (Å²) in [6.07, 6.45) is -2.86. The molecule has 0 unspecified atom stereocenters. The molecule has 42 heavy (non-hydrogen) atoms. The van der Waals surface area contributed by atoms with Crippen LogP contribution in [0.1, 0.15) is 31.9 Å². The molecule has 13 nitrogen and oxygen atoms in total. The largest absolute Gasteiger partial charge is 0.467 e. The molecule has 0 spiro atoms. The topological polar surface area (TPSA) is 200 Å². The fourth-order valence-electron chi connectivity index (χ4n) is 3.85. The van der Waals surface area contributed by atoms with Gasteiger partial charge in [-0.1, -0.05) is 48.0 Å². The number of aryl methyl sites for hydroxylation is 1. The van der Waals surface area contributed by atoms with Gasteiger partial charge in [0, 0.05) is 6.42 Å². The van der Waals surface area contributed by atoms with Crippen molar-refractivity contribution in [3.05, 3.63) is 65.7 Å². The van der Waals surface area contributed by atoms with Gasteiger partial charge in [0.2, 0.25) is 27.7 Å². The first kappa shape index (κ1) is 34.4. The van der Waals surface area contributed by atoms with Crippen LogP contribution in [0.4, 0.5) is 0 Å². The molecule has 0 saturated carbocycles. The van der Waals surface area contributed by atoms with Crippen LogP contribution in [0.2, 0.25) is 0 Å². The highest BCUT2D eigenvalue weighted by Gasteiger charge is 2.35. The molecule has 2 aromatic rings. The number of aliphatic hydroxyl groups is 2. The zero-order chi connectivity index (χ0) is 31.6. The van der Waals surface area contributed by atoms with Crippen LogP contribution in [0.15, 0.2) is 59.5 Å². The lowest BCUT2D eigenvalue weighted by Gasteiger charge is -2.28. The minimum absolute atomic E-state index is 0.0686. The molecular weight excluding hydrogens is 568 g/mol. The summed E-state index contributed by atoms with van der Waals surface area (Å²) < 4.78 is 32.3. The Labute approximate surface area is 245 Å². The number of rotatable bonds is 14. The summed E-state index contributed by atoms with van der Waals surface area (Å²) in [6, 6.07) is 9.01. The van der Waals surface area contributed by atoms with E-state index in [-0.39, 0.29) is 11.3 Å². The predicted molar refractivity (Wildman–Crippen MR) is 152 cm³/mol. The van der Waals surface area contributed by atoms with Crippen molar-refractivity contribution >= 4 is 33.7 Å². The third kappa shape index (κ3) is 9.91. The third-order valence-electron chi connectivity index (χ3n) is 6.27. The number of carbonyl (C=O) groups excluding carboxylic acids is 4. The number of carbonyl (C=O) groups is 4. The standard InChI is InChI=1S/C28H38N4O9S/c1-16-11-13-21(14-12-16)42(39,40)32-17(2)25(35)30-24(19(4)34)27(37)31-23(18(3)33)26(36)29-22(28(38)41-5)15-20-9-7-6-8-10-20/h6-14,17-19,22-24,32-34H,15H2,1-5H3,(H,29,36)(H,30,35)(H,31,37)/t17-,18+,19-,22-,23-,24+/m0/s1. The average molecular weight is 607 g/mol. The molecule has 0 radical (unpaired) electrons. The molecule has 230 valence electrons. The van der Waals surface area contributed by atoms with Gasteiger partial charge < -0.3 is 30.9 Å². The Hall–Kier alpha value is -3.85. The number of ether oxygens (including phenoxy) is 1. The molecule has 0 bridgehead atoms. The molecule has 6 atom stereocenters. The maximum Gasteiger partial charge on any atom is 0.328 e. The van der Waals surface area contributed by atoms with Crippen molar-refractivity contribution in [3.63, 3.8) is 0 Å². The van der Waals surface area contributed by atoms with Crippen molar-refractivity contribution in [2.24, 2.45) is 0 Å². The lowest BCUT2D eigenvalue weighted by molar-refractivity contribution is -0.146. The zero-order valence-corrected chi connectivity index (χ0v) is 24.8. The van der Waals surface area contributed by atoms with Gasteiger partial charge in [-0.25, -0.2) is 13.2 Å². The molecule has 0 saturated heterocycles. The second kappa shape index (κ2) is 15.4. The smallest absolute Gasteiger partial charge is 0.328 e. The molecule has 0 aromatic heterocycles. The van der Waals surface area contributed by atoms with Crippen molar-refractivity contribution in [2.45, 2.75) is 75.4 Å². The van der Waals surface area contributed by atoms with Gasteiger partial charge in [-0.2, -0.15) is 4.72 Å². The molecule has 2 aromatic carbocycles. The predicted octanol–water partition coefficient (Wildman–Crippen LogP) is -0.706. The molecule has 2 rings (SSSR count). The summed E-state index contributed by atoms with van der Waals surface area (Å²) in [5.74, 6) is -3.64. The highest BCUT2D eigenvalue weighted by atomic mass is 32.2. The normalized spacial score (nSPS) is 15.7. The van der Waals surface area contributed by atoms with Gasteiger partial charge in [-0.3, -0.25) is 14.4 Å². The summed E-state index contributed by atoms with van der Waals surface area (Å²) in [7, 11) is -2.93. The van der Waals surface area contributed by atoms with Gasteiger partial charge >= 0.3 is 5.97 Å². The molecule has 0 heterocycles. The van der Waals surface area contributed by atoms with Crippen LogP contribution in [0.3, 0.4) is 0 Å². The Kier molecular flexibility index (Phi) is 12.6. The van der Waals surface area contributed by atoms with Crippen LogP contribution in [0.25, 0.3) is 0 Å². The monoisotopic (exact) mass is 606 g/mol. The van der Waals surface area contributed by atoms with Gasteiger partial charge in [0.1, 0.15) is 18.1 Å². The number of amides is 3. The Morgan fingerprint density at radius 2 is 1.29 bits per heavy atom. The molecule has 0 aliphatic carbocycles. The van der Waals surface area contributed by atoms with E-state index in [1.165, 1.54) is 32.9 Å². The van der Waals surface area contributed by atoms with Crippen LogP contribution in [-0.4, -0.2) is 85.8 Å². The third-order valence-corrected chi connectivity index (χ3v) is 7.82. The second-order valence-electron chi connectivity index (χ2n) is 9.88. The Bertz CT molecular complexity index is 1330. The minimum Gasteiger partial charge on any atom is -0.467 e. The van der Waals surface area contributed by atoms with Crippen molar-refractivity contribution in [2.75, 3.05) is 7.11 Å². The van der Waals surface area contributed by atoms with E-state index >= 15 is 0 Å². The molecule has 3 amide bonds. The van der Waals surface area contributed by atoms with Crippen molar-refractivity contribution in [1.82, 2.24) is 20.7 Å². The molecule has 14 heteroatoms. The van der Waals surface area contributed by atoms with Crippen LogP contribution >= 0.6 is 0 Å². The molecular formula is C28H38N4O9S. The number of methoxy groups -OCH3 is 1. The van der Waals surface area contributed by atoms with Crippen LogP contribution in [0.5, 0.6) is 0 Å². The lowest BCUT2D eigenvalue weighted by atomic mass is 10.0. The number of aliphatic hydroxyl groups excluding tert-OH is 2. The maximum absolute atomic E-state index is 13.1. The van der Waals surface area contributed by atoms with Gasteiger partial charge in [-0.15, -0.1) is 0 Å². The van der Waals surface area contributed by atoms with E-state index in [1.807, 2.05) is 0 Å². The second-order valence-corrected chi connectivity index (χ2v) is 11.6. The van der Waals surface area contributed by atoms with Crippen molar-refractivity contribution in [3.8, 4) is 0 Å². The fraction of sp³-hybridized carbons (Fsp3) is 0.429. The van der Waals surface area contributed by atoms with Gasteiger partial charge in [-0.05, 0) is 45.4 Å². The average Bonchev–Trinajstić information content (AvgIpc) is 2.93. The summed E-state index contributed by atoms with van der Waals surface area (Å²) in [6.45, 7) is 5.47. The van der Waals surface area contributed by atoms with E-state index in [0.717, 1.165) is 18.2 Å². The number of nitrogens with one attached hydrogen (secondary N) is 4. The summed E-state index contributed by atoms with van der Waals surface area (Å²) in [5.41, 5.74) is 1.56. The van der Waals surface area contributed by atoms with Crippen molar-refractivity contribution < 1.29 is 42.5 Å². The zero-order valence-electron chi connectivity index (χ0n) is 24.0. The van der Waals surface area contributed by atoms with Gasteiger partial charge in [0.05, 0.1) is 30.3 Å². The van der Waals surface area contributed by atoms with E-state index in [4.69, 9.17) is 4.74 Å². The van der Waals surface area contributed by atoms with E-state index in [0.29, 0.717) is 0 Å². The first-order valence-electron chi connectivity index (χ1n) is 13.1. The molecule has 0 aliphatic heterocycles. The Balaban J connectivity index is 2.12. The van der Waals surface area contributed by atoms with Gasteiger partial charge in [0.15, 0.2) is 0 Å². The minimum atomic E-state index is -4.08.